The number of piperidine rings is 1. The van der Waals surface area contributed by atoms with E-state index in [1.807, 2.05) is 32.0 Å². The Labute approximate surface area is 195 Å². The Morgan fingerprint density at radius 2 is 1.82 bits per heavy atom. The summed E-state index contributed by atoms with van der Waals surface area (Å²) in [5.74, 6) is 0.116. The second kappa shape index (κ2) is 11.5. The molecule has 1 aliphatic rings. The second-order valence-electron chi connectivity index (χ2n) is 8.42. The fourth-order valence-electron chi connectivity index (χ4n) is 4.18. The predicted molar refractivity (Wildman–Crippen MR) is 127 cm³/mol. The first kappa shape index (κ1) is 24.3. The molecule has 0 spiro atoms. The summed E-state index contributed by atoms with van der Waals surface area (Å²) in [5.41, 5.74) is 2.01. The summed E-state index contributed by atoms with van der Waals surface area (Å²) in [5, 5.41) is 5.90. The van der Waals surface area contributed by atoms with Gasteiger partial charge in [0.05, 0.1) is 7.11 Å². The Morgan fingerprint density at radius 1 is 1.09 bits per heavy atom. The molecule has 2 aromatic rings. The molecule has 1 saturated heterocycles. The highest BCUT2D eigenvalue weighted by Gasteiger charge is 2.34. The Kier molecular flexibility index (Phi) is 8.46. The largest absolute Gasteiger partial charge is 0.497 e. The van der Waals surface area contributed by atoms with Gasteiger partial charge in [0, 0.05) is 30.8 Å². The Bertz CT molecular complexity index is 983. The van der Waals surface area contributed by atoms with E-state index in [1.54, 1.807) is 42.3 Å². The average molecular weight is 452 g/mol. The molecule has 0 aliphatic carbocycles. The molecule has 33 heavy (non-hydrogen) atoms. The molecule has 3 amide bonds. The van der Waals surface area contributed by atoms with Gasteiger partial charge in [-0.2, -0.15) is 0 Å². The SMILES string of the molecule is CCCNC(=O)[C@H](NC(=O)c1ccccc1C)C1CCN(C(=O)c2cccc(OC)c2)CC1. The van der Waals surface area contributed by atoms with Gasteiger partial charge in [0.15, 0.2) is 0 Å². The van der Waals surface area contributed by atoms with Crippen LogP contribution in [0.1, 0.15) is 52.5 Å². The quantitative estimate of drug-likeness (QED) is 0.645. The average Bonchev–Trinajstić information content (AvgIpc) is 2.85. The van der Waals surface area contributed by atoms with Crippen molar-refractivity contribution in [3.63, 3.8) is 0 Å². The minimum atomic E-state index is -0.641. The summed E-state index contributed by atoms with van der Waals surface area (Å²) in [6, 6.07) is 13.8. The van der Waals surface area contributed by atoms with Gasteiger partial charge < -0.3 is 20.3 Å². The first-order valence-corrected chi connectivity index (χ1v) is 11.5. The highest BCUT2D eigenvalue weighted by Crippen LogP contribution is 2.24. The molecule has 3 rings (SSSR count). The highest BCUT2D eigenvalue weighted by molar-refractivity contribution is 5.98. The highest BCUT2D eigenvalue weighted by atomic mass is 16.5. The zero-order valence-electron chi connectivity index (χ0n) is 19.6. The van der Waals surface area contributed by atoms with Crippen LogP contribution in [0.2, 0.25) is 0 Å². The van der Waals surface area contributed by atoms with E-state index in [9.17, 15) is 14.4 Å². The van der Waals surface area contributed by atoms with Gasteiger partial charge >= 0.3 is 0 Å². The van der Waals surface area contributed by atoms with E-state index in [0.29, 0.717) is 49.4 Å². The van der Waals surface area contributed by atoms with E-state index >= 15 is 0 Å². The van der Waals surface area contributed by atoms with E-state index in [0.717, 1.165) is 12.0 Å². The molecular formula is C26H33N3O4. The number of hydrogen-bond acceptors (Lipinski definition) is 4. The van der Waals surface area contributed by atoms with Crippen molar-refractivity contribution in [2.45, 2.75) is 39.2 Å². The number of carbonyl (C=O) groups is 3. The molecule has 1 atom stereocenters. The lowest BCUT2D eigenvalue weighted by Crippen LogP contribution is -2.54. The third kappa shape index (κ3) is 6.12. The van der Waals surface area contributed by atoms with Crippen molar-refractivity contribution in [2.75, 3.05) is 26.7 Å². The van der Waals surface area contributed by atoms with Crippen LogP contribution < -0.4 is 15.4 Å². The van der Waals surface area contributed by atoms with E-state index < -0.39 is 6.04 Å². The van der Waals surface area contributed by atoms with Gasteiger partial charge in [0.2, 0.25) is 5.91 Å². The van der Waals surface area contributed by atoms with Gasteiger partial charge in [-0.1, -0.05) is 31.2 Å². The standard InChI is InChI=1S/C26H33N3O4/c1-4-14-27-25(31)23(28-24(30)22-11-6-5-8-18(22)2)19-12-15-29(16-13-19)26(32)20-9-7-10-21(17-20)33-3/h5-11,17,19,23H,4,12-16H2,1-3H3,(H,27,31)(H,28,30)/t23-/m1/s1. The number of carbonyl (C=O) groups excluding carboxylic acids is 3. The maximum atomic E-state index is 12.9. The molecule has 0 saturated carbocycles. The number of amides is 3. The van der Waals surface area contributed by atoms with Crippen molar-refractivity contribution in [1.29, 1.82) is 0 Å². The summed E-state index contributed by atoms with van der Waals surface area (Å²) in [6.45, 7) is 5.48. The molecule has 7 nitrogen and oxygen atoms in total. The monoisotopic (exact) mass is 451 g/mol. The molecular weight excluding hydrogens is 418 g/mol. The summed E-state index contributed by atoms with van der Waals surface area (Å²) < 4.78 is 5.23. The van der Waals surface area contributed by atoms with Crippen LogP contribution in [0.15, 0.2) is 48.5 Å². The third-order valence-electron chi connectivity index (χ3n) is 6.12. The Balaban J connectivity index is 1.69. The van der Waals surface area contributed by atoms with Crippen molar-refractivity contribution >= 4 is 17.7 Å². The second-order valence-corrected chi connectivity index (χ2v) is 8.42. The molecule has 1 aliphatic heterocycles. The van der Waals surface area contributed by atoms with Gasteiger partial charge in [-0.05, 0) is 61.9 Å². The van der Waals surface area contributed by atoms with Crippen molar-refractivity contribution < 1.29 is 19.1 Å². The number of nitrogens with one attached hydrogen (secondary N) is 2. The molecule has 0 unspecified atom stereocenters. The molecule has 0 aromatic heterocycles. The number of nitrogens with zero attached hydrogens (tertiary/aromatic N) is 1. The zero-order chi connectivity index (χ0) is 23.8. The lowest BCUT2D eigenvalue weighted by atomic mass is 9.88. The first-order valence-electron chi connectivity index (χ1n) is 11.5. The lowest BCUT2D eigenvalue weighted by molar-refractivity contribution is -0.124. The third-order valence-corrected chi connectivity index (χ3v) is 6.12. The summed E-state index contributed by atoms with van der Waals surface area (Å²) in [4.78, 5) is 40.6. The Hall–Kier alpha value is -3.35. The number of methoxy groups -OCH3 is 1. The van der Waals surface area contributed by atoms with Crippen LogP contribution >= 0.6 is 0 Å². The van der Waals surface area contributed by atoms with Gasteiger partial charge in [-0.15, -0.1) is 0 Å². The van der Waals surface area contributed by atoms with Crippen LogP contribution in [0.4, 0.5) is 0 Å². The number of ether oxygens (including phenoxy) is 1. The van der Waals surface area contributed by atoms with Crippen molar-refractivity contribution in [1.82, 2.24) is 15.5 Å². The number of hydrogen-bond donors (Lipinski definition) is 2. The van der Waals surface area contributed by atoms with E-state index in [-0.39, 0.29) is 23.6 Å². The summed E-state index contributed by atoms with van der Waals surface area (Å²) in [7, 11) is 1.57. The molecule has 7 heteroatoms. The fourth-order valence-corrected chi connectivity index (χ4v) is 4.18. The Morgan fingerprint density at radius 3 is 2.48 bits per heavy atom. The molecule has 2 N–H and O–H groups in total. The van der Waals surface area contributed by atoms with Crippen LogP contribution in [0, 0.1) is 12.8 Å². The van der Waals surface area contributed by atoms with Gasteiger partial charge in [-0.3, -0.25) is 14.4 Å². The van der Waals surface area contributed by atoms with Crippen LogP contribution in [0.5, 0.6) is 5.75 Å². The first-order chi connectivity index (χ1) is 15.9. The minimum Gasteiger partial charge on any atom is -0.497 e. The molecule has 1 heterocycles. The number of benzene rings is 2. The van der Waals surface area contributed by atoms with Gasteiger partial charge in [0.1, 0.15) is 11.8 Å². The van der Waals surface area contributed by atoms with Crippen LogP contribution in [0.3, 0.4) is 0 Å². The van der Waals surface area contributed by atoms with Crippen LogP contribution in [-0.4, -0.2) is 55.4 Å². The summed E-state index contributed by atoms with van der Waals surface area (Å²) >= 11 is 0. The molecule has 0 radical (unpaired) electrons. The van der Waals surface area contributed by atoms with E-state index in [2.05, 4.69) is 10.6 Å². The smallest absolute Gasteiger partial charge is 0.253 e. The fraction of sp³-hybridized carbons (Fsp3) is 0.423. The number of likely N-dealkylation sites (tertiary alicyclic amines) is 1. The summed E-state index contributed by atoms with van der Waals surface area (Å²) in [6.07, 6.45) is 2.08. The van der Waals surface area contributed by atoms with E-state index in [1.165, 1.54) is 0 Å². The van der Waals surface area contributed by atoms with Crippen molar-refractivity contribution in [3.05, 3.63) is 65.2 Å². The van der Waals surface area contributed by atoms with Gasteiger partial charge in [0.25, 0.3) is 11.8 Å². The molecule has 176 valence electrons. The van der Waals surface area contributed by atoms with E-state index in [4.69, 9.17) is 4.74 Å². The molecule has 2 aromatic carbocycles. The normalized spacial score (nSPS) is 14.9. The number of aryl methyl sites for hydroxylation is 1. The van der Waals surface area contributed by atoms with Crippen molar-refractivity contribution in [2.24, 2.45) is 5.92 Å². The van der Waals surface area contributed by atoms with Crippen LogP contribution in [-0.2, 0) is 4.79 Å². The number of rotatable bonds is 8. The lowest BCUT2D eigenvalue weighted by Gasteiger charge is -2.36. The van der Waals surface area contributed by atoms with Crippen molar-refractivity contribution in [3.8, 4) is 5.75 Å². The maximum Gasteiger partial charge on any atom is 0.253 e. The van der Waals surface area contributed by atoms with Gasteiger partial charge in [-0.25, -0.2) is 0 Å². The zero-order valence-corrected chi connectivity index (χ0v) is 19.6. The predicted octanol–water partition coefficient (Wildman–Crippen LogP) is 3.18. The minimum absolute atomic E-state index is 0.0517. The maximum absolute atomic E-state index is 12.9. The molecule has 1 fully saturated rings. The van der Waals surface area contributed by atoms with Crippen LogP contribution in [0.25, 0.3) is 0 Å². The topological polar surface area (TPSA) is 87.7 Å². The molecule has 0 bridgehead atoms.